The van der Waals surface area contributed by atoms with Gasteiger partial charge in [0.1, 0.15) is 0 Å². The molecule has 0 heterocycles. The number of carbonyl (C=O) groups excluding carboxylic acids is 1. The Labute approximate surface area is 124 Å². The maximum Gasteiger partial charge on any atom is 0.306 e. The molecule has 0 saturated heterocycles. The third kappa shape index (κ3) is 5.41. The molecule has 0 aliphatic carbocycles. The molecule has 0 radical (unpaired) electrons. The fourth-order valence-corrected chi connectivity index (χ4v) is 2.40. The predicted molar refractivity (Wildman–Crippen MR) is 77.6 cm³/mol. The quantitative estimate of drug-likeness (QED) is 0.754. The fraction of sp³-hybridized carbons (Fsp3) is 0.385. The SMILES string of the molecule is COC(=O)CCN(C)S(=O)(=O)Nc1ccc(CC#N)cc1. The molecule has 0 aliphatic heterocycles. The Bertz CT molecular complexity index is 620. The van der Waals surface area contributed by atoms with E-state index in [0.29, 0.717) is 5.69 Å². The van der Waals surface area contributed by atoms with Crippen molar-refractivity contribution in [2.75, 3.05) is 25.4 Å². The smallest absolute Gasteiger partial charge is 0.306 e. The van der Waals surface area contributed by atoms with E-state index in [1.165, 1.54) is 14.2 Å². The summed E-state index contributed by atoms with van der Waals surface area (Å²) in [5.74, 6) is -0.474. The van der Waals surface area contributed by atoms with Gasteiger partial charge < -0.3 is 4.74 Å². The lowest BCUT2D eigenvalue weighted by Crippen LogP contribution is -2.34. The van der Waals surface area contributed by atoms with E-state index in [-0.39, 0.29) is 19.4 Å². The number of nitrogens with zero attached hydrogens (tertiary/aromatic N) is 2. The summed E-state index contributed by atoms with van der Waals surface area (Å²) in [5.41, 5.74) is 1.20. The number of carbonyl (C=O) groups is 1. The minimum Gasteiger partial charge on any atom is -0.469 e. The Morgan fingerprint density at radius 2 is 2.00 bits per heavy atom. The van der Waals surface area contributed by atoms with Gasteiger partial charge in [0.25, 0.3) is 0 Å². The first-order chi connectivity index (χ1) is 9.89. The lowest BCUT2D eigenvalue weighted by atomic mass is 10.1. The van der Waals surface area contributed by atoms with Crippen LogP contribution < -0.4 is 4.72 Å². The van der Waals surface area contributed by atoms with Gasteiger partial charge in [0.05, 0.1) is 26.0 Å². The van der Waals surface area contributed by atoms with E-state index in [1.54, 1.807) is 24.3 Å². The molecule has 0 unspecified atom stereocenters. The third-order valence-corrected chi connectivity index (χ3v) is 4.25. The van der Waals surface area contributed by atoms with E-state index in [0.717, 1.165) is 9.87 Å². The number of rotatable bonds is 7. The lowest BCUT2D eigenvalue weighted by molar-refractivity contribution is -0.140. The van der Waals surface area contributed by atoms with Crippen LogP contribution in [-0.4, -0.2) is 39.4 Å². The van der Waals surface area contributed by atoms with Crippen LogP contribution in [0.2, 0.25) is 0 Å². The largest absolute Gasteiger partial charge is 0.469 e. The van der Waals surface area contributed by atoms with E-state index in [4.69, 9.17) is 5.26 Å². The number of nitrogens with one attached hydrogen (secondary N) is 1. The molecule has 1 aromatic carbocycles. The molecule has 1 aromatic rings. The van der Waals surface area contributed by atoms with E-state index < -0.39 is 16.2 Å². The molecule has 0 spiro atoms. The number of nitriles is 1. The molecule has 0 fully saturated rings. The minimum atomic E-state index is -3.73. The summed E-state index contributed by atoms with van der Waals surface area (Å²) < 4.78 is 31.9. The standard InChI is InChI=1S/C13H17N3O4S/c1-16(10-8-13(17)20-2)21(18,19)15-12-5-3-11(4-6-12)7-9-14/h3-6,15H,7-8,10H2,1-2H3. The number of hydrogen-bond acceptors (Lipinski definition) is 5. The van der Waals surface area contributed by atoms with Gasteiger partial charge in [-0.2, -0.15) is 18.0 Å². The zero-order valence-electron chi connectivity index (χ0n) is 11.9. The van der Waals surface area contributed by atoms with Crippen LogP contribution in [0.5, 0.6) is 0 Å². The van der Waals surface area contributed by atoms with E-state index in [2.05, 4.69) is 9.46 Å². The van der Waals surface area contributed by atoms with Gasteiger partial charge in [-0.25, -0.2) is 0 Å². The van der Waals surface area contributed by atoms with Crippen LogP contribution in [-0.2, 0) is 26.2 Å². The summed E-state index contributed by atoms with van der Waals surface area (Å²) >= 11 is 0. The van der Waals surface area contributed by atoms with Gasteiger partial charge in [-0.1, -0.05) is 12.1 Å². The van der Waals surface area contributed by atoms with Crippen LogP contribution in [0.4, 0.5) is 5.69 Å². The summed E-state index contributed by atoms with van der Waals surface area (Å²) in [5, 5.41) is 8.57. The summed E-state index contributed by atoms with van der Waals surface area (Å²) in [6, 6.07) is 8.53. The first-order valence-electron chi connectivity index (χ1n) is 6.16. The van der Waals surface area contributed by atoms with Gasteiger partial charge in [-0.15, -0.1) is 0 Å². The van der Waals surface area contributed by atoms with Gasteiger partial charge in [0.15, 0.2) is 0 Å². The van der Waals surface area contributed by atoms with Crippen LogP contribution in [0.3, 0.4) is 0 Å². The second-order valence-corrected chi connectivity index (χ2v) is 6.06. The Balaban J connectivity index is 2.66. The van der Waals surface area contributed by atoms with Crippen molar-refractivity contribution in [3.63, 3.8) is 0 Å². The van der Waals surface area contributed by atoms with Gasteiger partial charge in [-0.3, -0.25) is 9.52 Å². The zero-order valence-corrected chi connectivity index (χ0v) is 12.7. The van der Waals surface area contributed by atoms with Gasteiger partial charge in [0.2, 0.25) is 0 Å². The molecule has 21 heavy (non-hydrogen) atoms. The molecule has 0 aliphatic rings. The summed E-state index contributed by atoms with van der Waals surface area (Å²) in [6.45, 7) is 0.0223. The molecule has 0 bridgehead atoms. The van der Waals surface area contributed by atoms with Crippen molar-refractivity contribution in [3.8, 4) is 6.07 Å². The van der Waals surface area contributed by atoms with Gasteiger partial charge in [0, 0.05) is 19.3 Å². The lowest BCUT2D eigenvalue weighted by Gasteiger charge is -2.17. The second kappa shape index (κ2) is 7.61. The van der Waals surface area contributed by atoms with Gasteiger partial charge in [-0.05, 0) is 17.7 Å². The van der Waals surface area contributed by atoms with Crippen molar-refractivity contribution < 1.29 is 17.9 Å². The summed E-state index contributed by atoms with van der Waals surface area (Å²) in [4.78, 5) is 11.0. The monoisotopic (exact) mass is 311 g/mol. The molecule has 0 aromatic heterocycles. The summed E-state index contributed by atoms with van der Waals surface area (Å²) in [6.07, 6.45) is 0.251. The molecule has 114 valence electrons. The van der Waals surface area contributed by atoms with Crippen molar-refractivity contribution in [3.05, 3.63) is 29.8 Å². The average Bonchev–Trinajstić information content (AvgIpc) is 2.46. The number of methoxy groups -OCH3 is 1. The first kappa shape index (κ1) is 16.9. The van der Waals surface area contributed by atoms with E-state index in [1.807, 2.05) is 6.07 Å². The Hall–Kier alpha value is -2.11. The molecule has 1 rings (SSSR count). The topological polar surface area (TPSA) is 99.5 Å². The van der Waals surface area contributed by atoms with Crippen LogP contribution in [0.25, 0.3) is 0 Å². The van der Waals surface area contributed by atoms with Crippen molar-refractivity contribution in [1.29, 1.82) is 5.26 Å². The zero-order chi connectivity index (χ0) is 15.9. The maximum absolute atomic E-state index is 12.0. The summed E-state index contributed by atoms with van der Waals surface area (Å²) in [7, 11) is -1.11. The average molecular weight is 311 g/mol. The highest BCUT2D eigenvalue weighted by Crippen LogP contribution is 2.13. The second-order valence-electron chi connectivity index (χ2n) is 4.29. The number of anilines is 1. The van der Waals surface area contributed by atoms with E-state index in [9.17, 15) is 13.2 Å². The molecular formula is C13H17N3O4S. The van der Waals surface area contributed by atoms with Crippen LogP contribution in [0, 0.1) is 11.3 Å². The van der Waals surface area contributed by atoms with Crippen molar-refractivity contribution in [2.45, 2.75) is 12.8 Å². The first-order valence-corrected chi connectivity index (χ1v) is 7.60. The molecule has 1 N–H and O–H groups in total. The number of esters is 1. The molecule has 7 nitrogen and oxygen atoms in total. The number of benzene rings is 1. The Morgan fingerprint density at radius 3 is 2.52 bits per heavy atom. The number of ether oxygens (including phenoxy) is 1. The highest BCUT2D eigenvalue weighted by Gasteiger charge is 2.18. The van der Waals surface area contributed by atoms with E-state index >= 15 is 0 Å². The minimum absolute atomic E-state index is 0.0188. The van der Waals surface area contributed by atoms with Crippen LogP contribution >= 0.6 is 0 Å². The van der Waals surface area contributed by atoms with Crippen LogP contribution in [0.15, 0.2) is 24.3 Å². The Morgan fingerprint density at radius 1 is 1.38 bits per heavy atom. The predicted octanol–water partition coefficient (Wildman–Crippen LogP) is 0.904. The molecule has 0 saturated carbocycles. The van der Waals surface area contributed by atoms with Crippen molar-refractivity contribution in [2.24, 2.45) is 0 Å². The normalized spacial score (nSPS) is 11.0. The maximum atomic E-state index is 12.0. The third-order valence-electron chi connectivity index (χ3n) is 2.75. The van der Waals surface area contributed by atoms with Gasteiger partial charge >= 0.3 is 16.2 Å². The highest BCUT2D eigenvalue weighted by atomic mass is 32.2. The van der Waals surface area contributed by atoms with Crippen molar-refractivity contribution in [1.82, 2.24) is 4.31 Å². The number of hydrogen-bond donors (Lipinski definition) is 1. The fourth-order valence-electron chi connectivity index (χ4n) is 1.48. The molecular weight excluding hydrogens is 294 g/mol. The van der Waals surface area contributed by atoms with Crippen LogP contribution in [0.1, 0.15) is 12.0 Å². The van der Waals surface area contributed by atoms with Crippen molar-refractivity contribution >= 4 is 21.9 Å². The highest BCUT2D eigenvalue weighted by molar-refractivity contribution is 7.90. The molecule has 0 amide bonds. The molecule has 0 atom stereocenters. The Kier molecular flexibility index (Phi) is 6.14. The molecule has 8 heteroatoms.